The van der Waals surface area contributed by atoms with E-state index in [1.54, 1.807) is 18.9 Å². The zero-order chi connectivity index (χ0) is 31.7. The number of hydrogen-bond acceptors (Lipinski definition) is 3. The molecule has 0 saturated carbocycles. The summed E-state index contributed by atoms with van der Waals surface area (Å²) in [5, 5.41) is 6.09. The van der Waals surface area contributed by atoms with Gasteiger partial charge in [0.25, 0.3) is 5.91 Å². The minimum absolute atomic E-state index is 0.161. The molecule has 0 aliphatic heterocycles. The van der Waals surface area contributed by atoms with E-state index in [9.17, 15) is 14.4 Å². The molecule has 0 aliphatic rings. The van der Waals surface area contributed by atoms with Gasteiger partial charge in [0, 0.05) is 30.3 Å². The molecule has 3 aromatic carbocycles. The van der Waals surface area contributed by atoms with Gasteiger partial charge in [-0.05, 0) is 67.3 Å². The Balaban J connectivity index is 1.72. The van der Waals surface area contributed by atoms with Crippen LogP contribution in [0.25, 0.3) is 11.1 Å². The van der Waals surface area contributed by atoms with E-state index in [2.05, 4.69) is 62.6 Å². The highest BCUT2D eigenvalue weighted by molar-refractivity contribution is 6.01. The molecular formula is C37H47N3O3. The minimum atomic E-state index is -0.792. The van der Waals surface area contributed by atoms with Crippen LogP contribution in [0.4, 0.5) is 0 Å². The van der Waals surface area contributed by atoms with Crippen LogP contribution in [-0.2, 0) is 9.59 Å². The summed E-state index contributed by atoms with van der Waals surface area (Å²) < 4.78 is 0. The SMILES string of the molecule is C/C(=C\CC(C)(C)NC(=O)c1ccccc1-c1ccc(C(C)C)cc1)C(=O)N[C@H](C(=O)N(C)CC(C)C)c1ccccc1. The normalized spacial score (nSPS) is 12.7. The van der Waals surface area contributed by atoms with Gasteiger partial charge in [0.05, 0.1) is 0 Å². The molecule has 228 valence electrons. The Hall–Kier alpha value is -4.19. The van der Waals surface area contributed by atoms with Gasteiger partial charge in [-0.3, -0.25) is 14.4 Å². The molecule has 3 amide bonds. The molecule has 0 heterocycles. The summed E-state index contributed by atoms with van der Waals surface area (Å²) in [5.41, 5.74) is 4.29. The topological polar surface area (TPSA) is 78.5 Å². The molecule has 6 heteroatoms. The Bertz CT molecular complexity index is 1420. The molecule has 0 unspecified atom stereocenters. The number of rotatable bonds is 12. The first kappa shape index (κ1) is 33.3. The number of amides is 3. The minimum Gasteiger partial charge on any atom is -0.347 e. The summed E-state index contributed by atoms with van der Waals surface area (Å²) in [6.07, 6.45) is 2.25. The molecule has 43 heavy (non-hydrogen) atoms. The number of carbonyl (C=O) groups is 3. The van der Waals surface area contributed by atoms with Crippen molar-refractivity contribution in [3.8, 4) is 11.1 Å². The van der Waals surface area contributed by atoms with Gasteiger partial charge in [0.1, 0.15) is 6.04 Å². The molecule has 6 nitrogen and oxygen atoms in total. The fraction of sp³-hybridized carbons (Fsp3) is 0.378. The number of benzene rings is 3. The lowest BCUT2D eigenvalue weighted by Gasteiger charge is -2.27. The van der Waals surface area contributed by atoms with Crippen molar-refractivity contribution >= 4 is 17.7 Å². The van der Waals surface area contributed by atoms with E-state index in [-0.39, 0.29) is 17.7 Å². The highest BCUT2D eigenvalue weighted by Gasteiger charge is 2.27. The molecule has 0 radical (unpaired) electrons. The van der Waals surface area contributed by atoms with E-state index in [1.807, 2.05) is 74.5 Å². The van der Waals surface area contributed by atoms with Crippen LogP contribution in [0.15, 0.2) is 90.5 Å². The van der Waals surface area contributed by atoms with E-state index < -0.39 is 11.6 Å². The lowest BCUT2D eigenvalue weighted by molar-refractivity contribution is -0.135. The van der Waals surface area contributed by atoms with Gasteiger partial charge in [0.2, 0.25) is 11.8 Å². The van der Waals surface area contributed by atoms with Crippen molar-refractivity contribution in [2.45, 2.75) is 72.4 Å². The van der Waals surface area contributed by atoms with E-state index >= 15 is 0 Å². The number of carbonyl (C=O) groups excluding carboxylic acids is 3. The number of likely N-dealkylation sites (N-methyl/N-ethyl adjacent to an activating group) is 1. The van der Waals surface area contributed by atoms with E-state index in [4.69, 9.17) is 0 Å². The van der Waals surface area contributed by atoms with Gasteiger partial charge >= 0.3 is 0 Å². The van der Waals surface area contributed by atoms with Gasteiger partial charge in [-0.2, -0.15) is 0 Å². The van der Waals surface area contributed by atoms with Gasteiger partial charge < -0.3 is 15.5 Å². The van der Waals surface area contributed by atoms with Crippen LogP contribution in [0.2, 0.25) is 0 Å². The summed E-state index contributed by atoms with van der Waals surface area (Å²) in [4.78, 5) is 41.7. The predicted molar refractivity (Wildman–Crippen MR) is 176 cm³/mol. The van der Waals surface area contributed by atoms with Crippen LogP contribution >= 0.6 is 0 Å². The lowest BCUT2D eigenvalue weighted by atomic mass is 9.94. The molecular weight excluding hydrogens is 534 g/mol. The maximum Gasteiger partial charge on any atom is 0.252 e. The molecule has 3 aromatic rings. The molecule has 0 aliphatic carbocycles. The third-order valence-corrected chi connectivity index (χ3v) is 7.46. The highest BCUT2D eigenvalue weighted by atomic mass is 16.2. The second-order valence-electron chi connectivity index (χ2n) is 12.7. The molecule has 0 aromatic heterocycles. The Morgan fingerprint density at radius 2 is 1.44 bits per heavy atom. The first-order valence-electron chi connectivity index (χ1n) is 15.1. The number of nitrogens with one attached hydrogen (secondary N) is 2. The maximum absolute atomic E-state index is 13.5. The fourth-order valence-corrected chi connectivity index (χ4v) is 4.94. The zero-order valence-corrected chi connectivity index (χ0v) is 26.9. The van der Waals surface area contributed by atoms with Gasteiger partial charge in [-0.25, -0.2) is 0 Å². The average Bonchev–Trinajstić information content (AvgIpc) is 2.98. The van der Waals surface area contributed by atoms with E-state index in [0.717, 1.165) is 16.7 Å². The van der Waals surface area contributed by atoms with E-state index in [0.29, 0.717) is 35.9 Å². The summed E-state index contributed by atoms with van der Waals surface area (Å²) in [5.74, 6) is 0.0797. The lowest BCUT2D eigenvalue weighted by Crippen LogP contribution is -2.44. The first-order chi connectivity index (χ1) is 20.3. The second-order valence-corrected chi connectivity index (χ2v) is 12.7. The smallest absolute Gasteiger partial charge is 0.252 e. The van der Waals surface area contributed by atoms with Crippen molar-refractivity contribution in [1.82, 2.24) is 15.5 Å². The van der Waals surface area contributed by atoms with Crippen LogP contribution in [0, 0.1) is 5.92 Å². The zero-order valence-electron chi connectivity index (χ0n) is 26.9. The molecule has 0 fully saturated rings. The van der Waals surface area contributed by atoms with Crippen molar-refractivity contribution in [2.24, 2.45) is 5.92 Å². The third kappa shape index (κ3) is 9.40. The van der Waals surface area contributed by atoms with Crippen LogP contribution in [0.1, 0.15) is 88.3 Å². The average molecular weight is 582 g/mol. The third-order valence-electron chi connectivity index (χ3n) is 7.46. The van der Waals surface area contributed by atoms with Crippen LogP contribution in [-0.4, -0.2) is 41.8 Å². The number of nitrogens with zero attached hydrogens (tertiary/aromatic N) is 1. The van der Waals surface area contributed by atoms with Crippen LogP contribution < -0.4 is 10.6 Å². The highest BCUT2D eigenvalue weighted by Crippen LogP contribution is 2.27. The standard InChI is InChI=1S/C37H47N3O3/c1-25(2)24-40(8)36(43)33(30-14-10-9-11-15-30)38-34(41)27(5)22-23-37(6,7)39-35(42)32-17-13-12-16-31(32)29-20-18-28(19-21-29)26(3)4/h9-22,25-26,33H,23-24H2,1-8H3,(H,38,41)(H,39,42)/b27-22+/t33-/m0/s1. The summed E-state index contributed by atoms with van der Waals surface area (Å²) >= 11 is 0. The van der Waals surface area contributed by atoms with Crippen molar-refractivity contribution in [1.29, 1.82) is 0 Å². The van der Waals surface area contributed by atoms with Crippen molar-refractivity contribution in [3.63, 3.8) is 0 Å². The van der Waals surface area contributed by atoms with Gasteiger partial charge in [0.15, 0.2) is 0 Å². The largest absolute Gasteiger partial charge is 0.347 e. The summed E-state index contributed by atoms with van der Waals surface area (Å²) in [6.45, 7) is 14.6. The van der Waals surface area contributed by atoms with E-state index in [1.165, 1.54) is 5.56 Å². The Labute approximate surface area is 257 Å². The van der Waals surface area contributed by atoms with Crippen LogP contribution in [0.5, 0.6) is 0 Å². The first-order valence-corrected chi connectivity index (χ1v) is 15.1. The molecule has 0 bridgehead atoms. The van der Waals surface area contributed by atoms with Gasteiger partial charge in [-0.1, -0.05) is 107 Å². The Kier molecular flexibility index (Phi) is 11.5. The summed E-state index contributed by atoms with van der Waals surface area (Å²) in [7, 11) is 1.76. The van der Waals surface area contributed by atoms with Crippen molar-refractivity contribution in [2.75, 3.05) is 13.6 Å². The molecule has 2 N–H and O–H groups in total. The Morgan fingerprint density at radius 3 is 2.05 bits per heavy atom. The van der Waals surface area contributed by atoms with Gasteiger partial charge in [-0.15, -0.1) is 0 Å². The van der Waals surface area contributed by atoms with Crippen LogP contribution in [0.3, 0.4) is 0 Å². The second kappa shape index (κ2) is 14.8. The fourth-order valence-electron chi connectivity index (χ4n) is 4.94. The molecule has 0 saturated heterocycles. The molecule has 3 rings (SSSR count). The monoisotopic (exact) mass is 581 g/mol. The quantitative estimate of drug-likeness (QED) is 0.220. The predicted octanol–water partition coefficient (Wildman–Crippen LogP) is 7.29. The molecule has 1 atom stereocenters. The Morgan fingerprint density at radius 1 is 0.837 bits per heavy atom. The summed E-state index contributed by atoms with van der Waals surface area (Å²) in [6, 6.07) is 24.4. The maximum atomic E-state index is 13.5. The molecule has 0 spiro atoms. The van der Waals surface area contributed by atoms with Crippen molar-refractivity contribution < 1.29 is 14.4 Å². The number of hydrogen-bond donors (Lipinski definition) is 2. The van der Waals surface area contributed by atoms with Crippen molar-refractivity contribution in [3.05, 3.63) is 107 Å².